The normalized spacial score (nSPS) is 19.7. The molecule has 4 rings (SSSR count). The van der Waals surface area contributed by atoms with Gasteiger partial charge in [-0.25, -0.2) is 4.98 Å². The largest absolute Gasteiger partial charge is 0.361 e. The van der Waals surface area contributed by atoms with Gasteiger partial charge in [-0.05, 0) is 28.8 Å². The van der Waals surface area contributed by atoms with Gasteiger partial charge in [0.05, 0.1) is 6.61 Å². The smallest absolute Gasteiger partial charge is 0.137 e. The summed E-state index contributed by atoms with van der Waals surface area (Å²) < 4.78 is 8.17. The zero-order valence-corrected chi connectivity index (χ0v) is 13.3. The maximum absolute atomic E-state index is 6.33. The summed E-state index contributed by atoms with van der Waals surface area (Å²) in [5.74, 6) is 0. The Kier molecular flexibility index (Phi) is 3.63. The van der Waals surface area contributed by atoms with Gasteiger partial charge in [-0.3, -0.25) is 4.68 Å². The van der Waals surface area contributed by atoms with Gasteiger partial charge in [-0.1, -0.05) is 48.0 Å². The average Bonchev–Trinajstić information content (AvgIpc) is 3.22. The number of benzene rings is 2. The monoisotopic (exact) mass is 325 g/mol. The molecule has 0 N–H and O–H groups in total. The third-order valence-electron chi connectivity index (χ3n) is 4.40. The lowest BCUT2D eigenvalue weighted by Crippen LogP contribution is -2.29. The van der Waals surface area contributed by atoms with Gasteiger partial charge >= 0.3 is 0 Å². The summed E-state index contributed by atoms with van der Waals surface area (Å²) in [6.07, 6.45) is 4.07. The SMILES string of the molecule is Clc1ccc(C2(CCn3cncn3)OCc3ccccc32)cc1. The minimum atomic E-state index is -0.465. The fraction of sp³-hybridized carbons (Fsp3) is 0.222. The van der Waals surface area contributed by atoms with E-state index in [2.05, 4.69) is 34.3 Å². The number of fused-ring (bicyclic) bond motifs is 1. The van der Waals surface area contributed by atoms with Crippen molar-refractivity contribution in [1.82, 2.24) is 14.8 Å². The van der Waals surface area contributed by atoms with Crippen molar-refractivity contribution < 1.29 is 4.74 Å². The zero-order chi connectivity index (χ0) is 15.7. The molecular formula is C18H16ClN3O. The Morgan fingerprint density at radius 1 is 1.13 bits per heavy atom. The molecule has 5 heteroatoms. The number of aryl methyl sites for hydroxylation is 1. The van der Waals surface area contributed by atoms with Crippen LogP contribution >= 0.6 is 11.6 Å². The first kappa shape index (κ1) is 14.4. The Morgan fingerprint density at radius 3 is 2.74 bits per heavy atom. The van der Waals surface area contributed by atoms with E-state index in [1.165, 1.54) is 11.1 Å². The Bertz CT molecular complexity index is 801. The Balaban J connectivity index is 1.76. The molecule has 4 nitrogen and oxygen atoms in total. The Hall–Kier alpha value is -2.17. The van der Waals surface area contributed by atoms with Gasteiger partial charge in [0, 0.05) is 18.0 Å². The van der Waals surface area contributed by atoms with Crippen molar-refractivity contribution in [3.05, 3.63) is 82.9 Å². The van der Waals surface area contributed by atoms with Gasteiger partial charge in [-0.15, -0.1) is 0 Å². The van der Waals surface area contributed by atoms with Crippen LogP contribution in [-0.4, -0.2) is 14.8 Å². The highest BCUT2D eigenvalue weighted by atomic mass is 35.5. The molecule has 0 spiro atoms. The van der Waals surface area contributed by atoms with Crippen molar-refractivity contribution in [3.63, 3.8) is 0 Å². The molecule has 0 radical (unpaired) electrons. The van der Waals surface area contributed by atoms with Gasteiger partial charge in [0.1, 0.15) is 18.3 Å². The molecule has 0 fully saturated rings. The van der Waals surface area contributed by atoms with E-state index < -0.39 is 5.60 Å². The van der Waals surface area contributed by atoms with Crippen LogP contribution in [0.3, 0.4) is 0 Å². The molecular weight excluding hydrogens is 310 g/mol. The van der Waals surface area contributed by atoms with Gasteiger partial charge in [0.15, 0.2) is 0 Å². The Labute approximate surface area is 139 Å². The van der Waals surface area contributed by atoms with Crippen LogP contribution in [0.5, 0.6) is 0 Å². The summed E-state index contributed by atoms with van der Waals surface area (Å²) >= 11 is 6.06. The molecule has 0 saturated heterocycles. The van der Waals surface area contributed by atoms with E-state index in [1.807, 2.05) is 28.9 Å². The highest BCUT2D eigenvalue weighted by Crippen LogP contribution is 2.44. The number of rotatable bonds is 4. The molecule has 1 aliphatic heterocycles. The lowest BCUT2D eigenvalue weighted by atomic mass is 9.83. The highest BCUT2D eigenvalue weighted by molar-refractivity contribution is 6.30. The van der Waals surface area contributed by atoms with E-state index in [4.69, 9.17) is 16.3 Å². The maximum atomic E-state index is 6.33. The van der Waals surface area contributed by atoms with Crippen LogP contribution in [0.15, 0.2) is 61.2 Å². The maximum Gasteiger partial charge on any atom is 0.137 e. The number of ether oxygens (including phenoxy) is 1. The number of nitrogens with zero attached hydrogens (tertiary/aromatic N) is 3. The van der Waals surface area contributed by atoms with E-state index >= 15 is 0 Å². The molecule has 3 aromatic rings. The molecule has 0 aliphatic carbocycles. The van der Waals surface area contributed by atoms with Gasteiger partial charge in [0.25, 0.3) is 0 Å². The molecule has 2 heterocycles. The van der Waals surface area contributed by atoms with Crippen molar-refractivity contribution >= 4 is 11.6 Å². The summed E-state index contributed by atoms with van der Waals surface area (Å²) in [5.41, 5.74) is 3.11. The molecule has 23 heavy (non-hydrogen) atoms. The van der Waals surface area contributed by atoms with Crippen molar-refractivity contribution in [2.24, 2.45) is 0 Å². The summed E-state index contributed by atoms with van der Waals surface area (Å²) in [5, 5.41) is 4.93. The molecule has 1 aliphatic rings. The molecule has 0 bridgehead atoms. The van der Waals surface area contributed by atoms with Crippen LogP contribution in [0.25, 0.3) is 0 Å². The van der Waals surface area contributed by atoms with Crippen molar-refractivity contribution in [2.75, 3.05) is 0 Å². The van der Waals surface area contributed by atoms with E-state index in [0.29, 0.717) is 6.61 Å². The summed E-state index contributed by atoms with van der Waals surface area (Å²) in [4.78, 5) is 4.01. The zero-order valence-electron chi connectivity index (χ0n) is 12.5. The van der Waals surface area contributed by atoms with Gasteiger partial charge < -0.3 is 4.74 Å². The second-order valence-corrected chi connectivity index (χ2v) is 6.12. The van der Waals surface area contributed by atoms with E-state index in [-0.39, 0.29) is 0 Å². The second kappa shape index (κ2) is 5.80. The predicted octanol–water partition coefficient (Wildman–Crippen LogP) is 3.80. The van der Waals surface area contributed by atoms with Crippen LogP contribution in [0.2, 0.25) is 5.02 Å². The lowest BCUT2D eigenvalue weighted by Gasteiger charge is -2.30. The van der Waals surface area contributed by atoms with Crippen molar-refractivity contribution in [1.29, 1.82) is 0 Å². The highest BCUT2D eigenvalue weighted by Gasteiger charge is 2.41. The third kappa shape index (κ3) is 2.54. The van der Waals surface area contributed by atoms with Crippen LogP contribution in [-0.2, 0) is 23.5 Å². The minimum absolute atomic E-state index is 0.465. The first-order valence-corrected chi connectivity index (χ1v) is 7.96. The number of hydrogen-bond acceptors (Lipinski definition) is 3. The van der Waals surface area contributed by atoms with E-state index in [0.717, 1.165) is 23.6 Å². The molecule has 2 aromatic carbocycles. The van der Waals surface area contributed by atoms with Crippen LogP contribution in [0, 0.1) is 0 Å². The van der Waals surface area contributed by atoms with Crippen LogP contribution in [0.4, 0.5) is 0 Å². The number of halogens is 1. The first-order chi connectivity index (χ1) is 11.3. The minimum Gasteiger partial charge on any atom is -0.361 e. The standard InChI is InChI=1S/C18H16ClN3O/c19-16-7-5-15(6-8-16)18(9-10-22-13-20-12-21-22)17-4-2-1-3-14(17)11-23-18/h1-8,12-13H,9-11H2. The number of hydrogen-bond donors (Lipinski definition) is 0. The molecule has 1 aromatic heterocycles. The Morgan fingerprint density at radius 2 is 1.96 bits per heavy atom. The van der Waals surface area contributed by atoms with E-state index in [9.17, 15) is 0 Å². The van der Waals surface area contributed by atoms with Crippen LogP contribution < -0.4 is 0 Å². The van der Waals surface area contributed by atoms with Crippen LogP contribution in [0.1, 0.15) is 23.1 Å². The molecule has 1 atom stereocenters. The molecule has 1 unspecified atom stereocenters. The fourth-order valence-corrected chi connectivity index (χ4v) is 3.37. The second-order valence-electron chi connectivity index (χ2n) is 5.69. The van der Waals surface area contributed by atoms with Crippen molar-refractivity contribution in [2.45, 2.75) is 25.2 Å². The molecule has 0 saturated carbocycles. The van der Waals surface area contributed by atoms with Gasteiger partial charge in [0.2, 0.25) is 0 Å². The number of aromatic nitrogens is 3. The third-order valence-corrected chi connectivity index (χ3v) is 4.65. The average molecular weight is 326 g/mol. The topological polar surface area (TPSA) is 39.9 Å². The first-order valence-electron chi connectivity index (χ1n) is 7.59. The lowest BCUT2D eigenvalue weighted by molar-refractivity contribution is -0.0151. The quantitative estimate of drug-likeness (QED) is 0.732. The predicted molar refractivity (Wildman–Crippen MR) is 88.1 cm³/mol. The van der Waals surface area contributed by atoms with Crippen molar-refractivity contribution in [3.8, 4) is 0 Å². The fourth-order valence-electron chi connectivity index (χ4n) is 3.25. The summed E-state index contributed by atoms with van der Waals surface area (Å²) in [6, 6.07) is 16.3. The van der Waals surface area contributed by atoms with E-state index in [1.54, 1.807) is 12.7 Å². The summed E-state index contributed by atoms with van der Waals surface area (Å²) in [7, 11) is 0. The summed E-state index contributed by atoms with van der Waals surface area (Å²) in [6.45, 7) is 1.35. The molecule has 116 valence electrons. The molecule has 0 amide bonds. The van der Waals surface area contributed by atoms with Gasteiger partial charge in [-0.2, -0.15) is 5.10 Å².